The molecule has 0 spiro atoms. The zero-order valence-corrected chi connectivity index (χ0v) is 12.1. The summed E-state index contributed by atoms with van der Waals surface area (Å²) in [4.78, 5) is 4.43. The molecule has 1 unspecified atom stereocenters. The van der Waals surface area contributed by atoms with Crippen molar-refractivity contribution in [3.63, 3.8) is 0 Å². The molecule has 1 aliphatic rings. The van der Waals surface area contributed by atoms with Crippen LogP contribution < -0.4 is 5.32 Å². The normalized spacial score (nSPS) is 19.6. The molecule has 0 radical (unpaired) electrons. The lowest BCUT2D eigenvalue weighted by atomic mass is 10.1. The van der Waals surface area contributed by atoms with E-state index in [1.807, 2.05) is 25.1 Å². The summed E-state index contributed by atoms with van der Waals surface area (Å²) in [5.41, 5.74) is 2.11. The Balaban J connectivity index is 1.85. The third-order valence-corrected chi connectivity index (χ3v) is 3.95. The number of morpholine rings is 1. The van der Waals surface area contributed by atoms with Crippen LogP contribution in [0.2, 0.25) is 0 Å². The minimum atomic E-state index is -0.0103. The lowest BCUT2D eigenvalue weighted by molar-refractivity contribution is 0.0659. The zero-order valence-electron chi connectivity index (χ0n) is 10.5. The maximum atomic E-state index is 5.39. The van der Waals surface area contributed by atoms with E-state index in [2.05, 4.69) is 31.4 Å². The molecule has 3 rings (SSSR count). The number of ether oxygens (including phenoxy) is 1. The van der Waals surface area contributed by atoms with Gasteiger partial charge in [-0.05, 0) is 18.6 Å². The Morgan fingerprint density at radius 3 is 3.05 bits per heavy atom. The molecule has 0 bridgehead atoms. The molecule has 1 aromatic carbocycles. The lowest BCUT2D eigenvalue weighted by Gasteiger charge is -2.20. The van der Waals surface area contributed by atoms with E-state index in [0.29, 0.717) is 18.3 Å². The van der Waals surface area contributed by atoms with E-state index in [1.54, 1.807) is 0 Å². The standard InChI is InChI=1S/C13H14BrN3O2/c1-8-2-3-9(6-10(8)14)12-16-13(19-17-12)11-7-18-5-4-15-11/h2-3,6,11,15H,4-5,7H2,1H3. The summed E-state index contributed by atoms with van der Waals surface area (Å²) in [6.07, 6.45) is 0. The number of hydrogen-bond donors (Lipinski definition) is 1. The SMILES string of the molecule is Cc1ccc(-c2noc(C3COCCN3)n2)cc1Br. The number of benzene rings is 1. The van der Waals surface area contributed by atoms with E-state index in [9.17, 15) is 0 Å². The van der Waals surface area contributed by atoms with Gasteiger partial charge in [0, 0.05) is 16.6 Å². The molecule has 6 heteroatoms. The second-order valence-corrected chi connectivity index (χ2v) is 5.36. The van der Waals surface area contributed by atoms with Crippen LogP contribution in [-0.2, 0) is 4.74 Å². The quantitative estimate of drug-likeness (QED) is 0.920. The monoisotopic (exact) mass is 323 g/mol. The topological polar surface area (TPSA) is 60.2 Å². The van der Waals surface area contributed by atoms with Crippen LogP contribution in [0.5, 0.6) is 0 Å². The average Bonchev–Trinajstić information content (AvgIpc) is 2.93. The maximum absolute atomic E-state index is 5.39. The Labute approximate surface area is 119 Å². The minimum Gasteiger partial charge on any atom is -0.378 e. The van der Waals surface area contributed by atoms with Gasteiger partial charge in [-0.3, -0.25) is 0 Å². The number of rotatable bonds is 2. The van der Waals surface area contributed by atoms with Crippen molar-refractivity contribution in [2.75, 3.05) is 19.8 Å². The molecule has 2 aromatic rings. The van der Waals surface area contributed by atoms with E-state index in [4.69, 9.17) is 9.26 Å². The first-order chi connectivity index (χ1) is 9.24. The van der Waals surface area contributed by atoms with Gasteiger partial charge in [-0.15, -0.1) is 0 Å². The molecular formula is C13H14BrN3O2. The molecule has 19 heavy (non-hydrogen) atoms. The summed E-state index contributed by atoms with van der Waals surface area (Å²) in [7, 11) is 0. The molecule has 0 saturated carbocycles. The van der Waals surface area contributed by atoms with E-state index in [-0.39, 0.29) is 6.04 Å². The number of aryl methyl sites for hydroxylation is 1. The minimum absolute atomic E-state index is 0.0103. The smallest absolute Gasteiger partial charge is 0.246 e. The van der Waals surface area contributed by atoms with Crippen molar-refractivity contribution in [2.24, 2.45) is 0 Å². The number of nitrogens with one attached hydrogen (secondary N) is 1. The second kappa shape index (κ2) is 5.40. The van der Waals surface area contributed by atoms with Gasteiger partial charge in [-0.2, -0.15) is 4.98 Å². The van der Waals surface area contributed by atoms with Crippen LogP contribution in [0.25, 0.3) is 11.4 Å². The van der Waals surface area contributed by atoms with Crippen molar-refractivity contribution < 1.29 is 9.26 Å². The highest BCUT2D eigenvalue weighted by Gasteiger charge is 2.22. The highest BCUT2D eigenvalue weighted by Crippen LogP contribution is 2.25. The van der Waals surface area contributed by atoms with Crippen LogP contribution >= 0.6 is 15.9 Å². The number of nitrogens with zero attached hydrogens (tertiary/aromatic N) is 2. The number of aromatic nitrogens is 2. The Hall–Kier alpha value is -1.24. The number of halogens is 1. The van der Waals surface area contributed by atoms with Gasteiger partial charge in [0.15, 0.2) is 0 Å². The van der Waals surface area contributed by atoms with Crippen LogP contribution in [0.3, 0.4) is 0 Å². The van der Waals surface area contributed by atoms with Gasteiger partial charge in [0.1, 0.15) is 6.04 Å². The molecule has 2 heterocycles. The zero-order chi connectivity index (χ0) is 13.2. The second-order valence-electron chi connectivity index (χ2n) is 4.50. The first-order valence-corrected chi connectivity index (χ1v) is 6.94. The molecule has 1 aromatic heterocycles. The predicted octanol–water partition coefficient (Wildman–Crippen LogP) is 2.47. The average molecular weight is 324 g/mol. The van der Waals surface area contributed by atoms with Crippen molar-refractivity contribution in [2.45, 2.75) is 13.0 Å². The summed E-state index contributed by atoms with van der Waals surface area (Å²) >= 11 is 3.51. The summed E-state index contributed by atoms with van der Waals surface area (Å²) in [5, 5.41) is 7.32. The van der Waals surface area contributed by atoms with Crippen molar-refractivity contribution in [3.8, 4) is 11.4 Å². The molecule has 1 aliphatic heterocycles. The maximum Gasteiger partial charge on any atom is 0.246 e. The summed E-state index contributed by atoms with van der Waals surface area (Å²) in [6, 6.07) is 6.00. The van der Waals surface area contributed by atoms with Crippen LogP contribution in [0.15, 0.2) is 27.2 Å². The largest absolute Gasteiger partial charge is 0.378 e. The Kier molecular flexibility index (Phi) is 3.63. The van der Waals surface area contributed by atoms with Gasteiger partial charge >= 0.3 is 0 Å². The van der Waals surface area contributed by atoms with Gasteiger partial charge < -0.3 is 14.6 Å². The van der Waals surface area contributed by atoms with Crippen LogP contribution in [0.4, 0.5) is 0 Å². The van der Waals surface area contributed by atoms with Crippen LogP contribution in [-0.4, -0.2) is 29.9 Å². The van der Waals surface area contributed by atoms with E-state index in [1.165, 1.54) is 5.56 Å². The molecule has 1 atom stereocenters. The number of hydrogen-bond acceptors (Lipinski definition) is 5. The van der Waals surface area contributed by atoms with Crippen molar-refractivity contribution >= 4 is 15.9 Å². The van der Waals surface area contributed by atoms with E-state index < -0.39 is 0 Å². The van der Waals surface area contributed by atoms with Gasteiger partial charge in [0.25, 0.3) is 0 Å². The first kappa shape index (κ1) is 12.8. The Bertz CT molecular complexity index is 579. The Morgan fingerprint density at radius 1 is 1.42 bits per heavy atom. The first-order valence-electron chi connectivity index (χ1n) is 6.15. The summed E-state index contributed by atoms with van der Waals surface area (Å²) < 4.78 is 11.7. The van der Waals surface area contributed by atoms with Crippen molar-refractivity contribution in [1.29, 1.82) is 0 Å². The molecule has 100 valence electrons. The van der Waals surface area contributed by atoms with Gasteiger partial charge in [-0.1, -0.05) is 33.2 Å². The highest BCUT2D eigenvalue weighted by molar-refractivity contribution is 9.10. The van der Waals surface area contributed by atoms with Gasteiger partial charge in [0.05, 0.1) is 13.2 Å². The molecule has 1 N–H and O–H groups in total. The van der Waals surface area contributed by atoms with Gasteiger partial charge in [0.2, 0.25) is 11.7 Å². The van der Waals surface area contributed by atoms with Gasteiger partial charge in [-0.25, -0.2) is 0 Å². The molecule has 1 saturated heterocycles. The third-order valence-electron chi connectivity index (χ3n) is 3.09. The fourth-order valence-corrected chi connectivity index (χ4v) is 2.33. The molecule has 1 fully saturated rings. The predicted molar refractivity (Wildman–Crippen MR) is 73.7 cm³/mol. The molecule has 0 aliphatic carbocycles. The fourth-order valence-electron chi connectivity index (χ4n) is 1.95. The summed E-state index contributed by atoms with van der Waals surface area (Å²) in [5.74, 6) is 1.18. The van der Waals surface area contributed by atoms with E-state index >= 15 is 0 Å². The summed E-state index contributed by atoms with van der Waals surface area (Å²) in [6.45, 7) is 4.14. The van der Waals surface area contributed by atoms with E-state index in [0.717, 1.165) is 23.2 Å². The third kappa shape index (κ3) is 2.70. The molecular weight excluding hydrogens is 310 g/mol. The van der Waals surface area contributed by atoms with Crippen molar-refractivity contribution in [3.05, 3.63) is 34.1 Å². The molecule has 0 amide bonds. The van der Waals surface area contributed by atoms with Crippen LogP contribution in [0.1, 0.15) is 17.5 Å². The fraction of sp³-hybridized carbons (Fsp3) is 0.385. The lowest BCUT2D eigenvalue weighted by Crippen LogP contribution is -2.34. The highest BCUT2D eigenvalue weighted by atomic mass is 79.9. The molecule has 5 nitrogen and oxygen atoms in total. The van der Waals surface area contributed by atoms with Crippen molar-refractivity contribution in [1.82, 2.24) is 15.5 Å². The Morgan fingerprint density at radius 2 is 2.32 bits per heavy atom. The van der Waals surface area contributed by atoms with Crippen LogP contribution in [0, 0.1) is 6.92 Å².